The van der Waals surface area contributed by atoms with Crippen LogP contribution in [-0.4, -0.2) is 99.9 Å². The summed E-state index contributed by atoms with van der Waals surface area (Å²) in [5, 5.41) is 12.2. The van der Waals surface area contributed by atoms with Gasteiger partial charge in [0.2, 0.25) is 22.3 Å². The summed E-state index contributed by atoms with van der Waals surface area (Å²) in [7, 11) is -4.99. The molecule has 1 aliphatic rings. The lowest BCUT2D eigenvalue weighted by molar-refractivity contribution is -0.179. The Morgan fingerprint density at radius 1 is 1.09 bits per heavy atom. The van der Waals surface area contributed by atoms with Crippen molar-refractivity contribution in [2.45, 2.75) is 90.8 Å². The number of oxime groups is 1. The molecule has 242 valence electrons. The maximum Gasteiger partial charge on any atom is 0.414 e. The first-order valence-electron chi connectivity index (χ1n) is 12.8. The maximum absolute atomic E-state index is 13.5. The van der Waals surface area contributed by atoms with Crippen LogP contribution in [0.15, 0.2) is 17.8 Å². The lowest BCUT2D eigenvalue weighted by Crippen LogP contribution is -2.73. The summed E-state index contributed by atoms with van der Waals surface area (Å²) in [4.78, 5) is 64.3. The average molecular weight is 660 g/mol. The van der Waals surface area contributed by atoms with Crippen molar-refractivity contribution in [2.24, 2.45) is 5.16 Å². The van der Waals surface area contributed by atoms with E-state index in [1.807, 2.05) is 0 Å². The average Bonchev–Trinajstić information content (AvgIpc) is 3.51. The molecule has 21 heteroatoms. The van der Waals surface area contributed by atoms with Crippen LogP contribution in [-0.2, 0) is 45.5 Å². The summed E-state index contributed by atoms with van der Waals surface area (Å²) in [5.74, 6) is -3.48. The van der Waals surface area contributed by atoms with Crippen LogP contribution < -0.4 is 10.6 Å². The number of aromatic nitrogens is 5. The fraction of sp³-hybridized carbons (Fsp3) is 0.609. The van der Waals surface area contributed by atoms with Gasteiger partial charge in [-0.1, -0.05) is 5.16 Å². The van der Waals surface area contributed by atoms with Crippen molar-refractivity contribution in [3.8, 4) is 0 Å². The minimum Gasteiger partial charge on any atom is -0.457 e. The molecule has 44 heavy (non-hydrogen) atoms. The topological polar surface area (TPSA) is 246 Å². The highest BCUT2D eigenvalue weighted by Crippen LogP contribution is 2.26. The molecule has 3 rings (SSSR count). The zero-order chi connectivity index (χ0) is 33.3. The highest BCUT2D eigenvalue weighted by molar-refractivity contribution is 7.84. The predicted octanol–water partition coefficient (Wildman–Crippen LogP) is 0.516. The number of hydrogen-bond donors (Lipinski definition) is 3. The Labute approximate surface area is 256 Å². The number of ether oxygens (including phenoxy) is 2. The van der Waals surface area contributed by atoms with E-state index < -0.39 is 68.8 Å². The summed E-state index contributed by atoms with van der Waals surface area (Å²) in [6, 6.07) is -2.80. The van der Waals surface area contributed by atoms with Gasteiger partial charge in [0.25, 0.3) is 11.8 Å². The molecule has 0 bridgehead atoms. The summed E-state index contributed by atoms with van der Waals surface area (Å²) in [6.07, 6.45) is 1.55. The van der Waals surface area contributed by atoms with Crippen molar-refractivity contribution < 1.29 is 46.5 Å². The minimum absolute atomic E-state index is 0.0949. The monoisotopic (exact) mass is 659 g/mol. The van der Waals surface area contributed by atoms with Gasteiger partial charge in [-0.15, -0.1) is 0 Å². The van der Waals surface area contributed by atoms with E-state index in [4.69, 9.17) is 14.3 Å². The summed E-state index contributed by atoms with van der Waals surface area (Å²) in [5.41, 5.74) is -4.06. The Balaban J connectivity index is 1.92. The molecule has 2 aromatic heterocycles. The van der Waals surface area contributed by atoms with Crippen LogP contribution in [0.2, 0.25) is 0 Å². The Bertz CT molecular complexity index is 1540. The fourth-order valence-corrected chi connectivity index (χ4v) is 4.84. The number of anilines is 1. The van der Waals surface area contributed by atoms with Crippen molar-refractivity contribution in [2.75, 3.05) is 5.32 Å². The van der Waals surface area contributed by atoms with E-state index in [1.54, 1.807) is 41.5 Å². The van der Waals surface area contributed by atoms with E-state index in [-0.39, 0.29) is 21.8 Å². The van der Waals surface area contributed by atoms with Gasteiger partial charge in [-0.3, -0.25) is 24.1 Å². The van der Waals surface area contributed by atoms with E-state index in [9.17, 15) is 32.1 Å². The lowest BCUT2D eigenvalue weighted by Gasteiger charge is -2.43. The third-order valence-corrected chi connectivity index (χ3v) is 6.84. The SMILES string of the molecule is CC(C)(C)OC(=O)Nc1nc(C(=NOC(C)(C)C(=O)OC(C)(C)C)C(=O)N[C@@H]2C(=O)N(S(=O)(=O)O)[C@@H]2Cn2cncn2)ns1. The Morgan fingerprint density at radius 3 is 2.27 bits per heavy atom. The zero-order valence-electron chi connectivity index (χ0n) is 25.1. The molecular weight excluding hydrogens is 626 g/mol. The summed E-state index contributed by atoms with van der Waals surface area (Å²) < 4.78 is 49.2. The van der Waals surface area contributed by atoms with Gasteiger partial charge in [0.05, 0.1) is 12.6 Å². The number of carbonyl (C=O) groups excluding carboxylic acids is 4. The van der Waals surface area contributed by atoms with E-state index >= 15 is 0 Å². The first-order chi connectivity index (χ1) is 20.1. The van der Waals surface area contributed by atoms with Crippen LogP contribution in [0, 0.1) is 0 Å². The van der Waals surface area contributed by atoms with Crippen molar-refractivity contribution in [3.63, 3.8) is 0 Å². The third kappa shape index (κ3) is 8.89. The van der Waals surface area contributed by atoms with Gasteiger partial charge in [0, 0.05) is 11.5 Å². The predicted molar refractivity (Wildman–Crippen MR) is 151 cm³/mol. The normalized spacial score (nSPS) is 17.9. The van der Waals surface area contributed by atoms with Crippen molar-refractivity contribution in [1.29, 1.82) is 0 Å². The lowest BCUT2D eigenvalue weighted by atomic mass is 9.98. The molecule has 3 heterocycles. The first-order valence-corrected chi connectivity index (χ1v) is 15.0. The van der Waals surface area contributed by atoms with Crippen molar-refractivity contribution >= 4 is 56.6 Å². The maximum atomic E-state index is 13.5. The third-order valence-electron chi connectivity index (χ3n) is 5.26. The zero-order valence-corrected chi connectivity index (χ0v) is 26.7. The molecule has 0 spiro atoms. The second kappa shape index (κ2) is 12.4. The standard InChI is InChI=1S/C23H33N9O10S2/c1-21(2,3)40-18(35)23(7,8)42-29-14(15-27-19(43-30-15)28-20(36)41-22(4,5)6)16(33)26-13-12(9-31-11-24-10-25-31)32(17(13)34)44(37,38)39/h10-13H,9H2,1-8H3,(H,26,33)(H,37,38,39)(H,27,28,30,36)/t12-,13+/m1/s1. The van der Waals surface area contributed by atoms with Gasteiger partial charge < -0.3 is 19.6 Å². The molecule has 2 aromatic rings. The van der Waals surface area contributed by atoms with Gasteiger partial charge in [-0.25, -0.2) is 18.9 Å². The molecule has 1 aliphatic heterocycles. The molecule has 3 N–H and O–H groups in total. The Morgan fingerprint density at radius 2 is 1.73 bits per heavy atom. The molecule has 19 nitrogen and oxygen atoms in total. The highest BCUT2D eigenvalue weighted by Gasteiger charge is 2.54. The molecule has 1 fully saturated rings. The van der Waals surface area contributed by atoms with Gasteiger partial charge in [-0.2, -0.15) is 22.9 Å². The number of nitrogens with one attached hydrogen (secondary N) is 2. The van der Waals surface area contributed by atoms with Crippen LogP contribution in [0.25, 0.3) is 0 Å². The number of amides is 3. The molecule has 0 saturated carbocycles. The molecular formula is C23H33N9O10S2. The molecule has 0 aliphatic carbocycles. The number of hydrogen-bond acceptors (Lipinski definition) is 15. The van der Waals surface area contributed by atoms with Crippen LogP contribution in [0.4, 0.5) is 9.93 Å². The van der Waals surface area contributed by atoms with Crippen LogP contribution >= 0.6 is 11.5 Å². The first kappa shape index (κ1) is 34.3. The molecule has 0 aromatic carbocycles. The molecule has 0 radical (unpaired) electrons. The van der Waals surface area contributed by atoms with Gasteiger partial charge >= 0.3 is 22.4 Å². The smallest absolute Gasteiger partial charge is 0.414 e. The number of β-lactam (4-membered cyclic amide) rings is 1. The number of nitrogens with zero attached hydrogens (tertiary/aromatic N) is 7. The van der Waals surface area contributed by atoms with E-state index in [0.717, 1.165) is 6.33 Å². The second-order valence-corrected chi connectivity index (χ2v) is 13.9. The van der Waals surface area contributed by atoms with E-state index in [1.165, 1.54) is 24.9 Å². The van der Waals surface area contributed by atoms with E-state index in [0.29, 0.717) is 11.5 Å². The fourth-order valence-electron chi connectivity index (χ4n) is 3.41. The van der Waals surface area contributed by atoms with E-state index in [2.05, 4.69) is 35.2 Å². The van der Waals surface area contributed by atoms with Crippen LogP contribution in [0.5, 0.6) is 0 Å². The Kier molecular flexibility index (Phi) is 9.65. The van der Waals surface area contributed by atoms with Gasteiger partial charge in [-0.05, 0) is 55.4 Å². The number of carbonyl (C=O) groups is 4. The summed E-state index contributed by atoms with van der Waals surface area (Å²) in [6.45, 7) is 12.3. The number of esters is 1. The highest BCUT2D eigenvalue weighted by atomic mass is 32.2. The molecule has 3 amide bonds. The largest absolute Gasteiger partial charge is 0.457 e. The summed E-state index contributed by atoms with van der Waals surface area (Å²) >= 11 is 0.656. The van der Waals surface area contributed by atoms with Crippen LogP contribution in [0.1, 0.15) is 61.2 Å². The molecule has 1 saturated heterocycles. The van der Waals surface area contributed by atoms with Gasteiger partial charge in [0.1, 0.15) is 29.9 Å². The molecule has 0 unspecified atom stereocenters. The minimum atomic E-state index is -4.99. The number of rotatable bonds is 10. The quantitative estimate of drug-likeness (QED) is 0.103. The Hall–Kier alpha value is -4.24. The van der Waals surface area contributed by atoms with Crippen molar-refractivity contribution in [3.05, 3.63) is 18.5 Å². The van der Waals surface area contributed by atoms with Crippen LogP contribution in [0.3, 0.4) is 0 Å². The van der Waals surface area contributed by atoms with Gasteiger partial charge in [0.15, 0.2) is 0 Å². The molecule has 2 atom stereocenters. The second-order valence-electron chi connectivity index (χ2n) is 11.8. The van der Waals surface area contributed by atoms with Crippen molar-refractivity contribution in [1.82, 2.24) is 33.7 Å².